The molecule has 0 spiro atoms. The Labute approximate surface area is 104 Å². The Bertz CT molecular complexity index is 544. The summed E-state index contributed by atoms with van der Waals surface area (Å²) >= 11 is 0. The summed E-state index contributed by atoms with van der Waals surface area (Å²) in [5.41, 5.74) is 1.16. The van der Waals surface area contributed by atoms with Gasteiger partial charge in [0, 0.05) is 0 Å². The van der Waals surface area contributed by atoms with Crippen molar-refractivity contribution in [2.24, 2.45) is 0 Å². The molecule has 0 bridgehead atoms. The number of hydrogen-bond acceptors (Lipinski definition) is 2. The molecule has 1 fully saturated rings. The first-order valence-corrected chi connectivity index (χ1v) is 6.22. The third-order valence-corrected chi connectivity index (χ3v) is 3.43. The van der Waals surface area contributed by atoms with Crippen molar-refractivity contribution < 1.29 is 8.78 Å². The lowest BCUT2D eigenvalue weighted by Gasteiger charge is -2.15. The van der Waals surface area contributed by atoms with Crippen LogP contribution in [0.25, 0.3) is 11.0 Å². The zero-order valence-corrected chi connectivity index (χ0v) is 10.0. The van der Waals surface area contributed by atoms with Crippen LogP contribution in [0.3, 0.4) is 0 Å². The van der Waals surface area contributed by atoms with E-state index in [-0.39, 0.29) is 0 Å². The Morgan fingerprint density at radius 1 is 1.17 bits per heavy atom. The van der Waals surface area contributed by atoms with Crippen molar-refractivity contribution in [2.45, 2.75) is 25.9 Å². The zero-order valence-electron chi connectivity index (χ0n) is 10.0. The zero-order chi connectivity index (χ0) is 12.5. The van der Waals surface area contributed by atoms with E-state index in [1.165, 1.54) is 0 Å². The molecule has 2 aromatic rings. The highest BCUT2D eigenvalue weighted by Crippen LogP contribution is 2.24. The SMILES string of the molecule is FC(F)n1c(CN2CCCC2)nc2ccccc21. The standard InChI is InChI=1S/C13H15F2N3/c14-13(15)18-11-6-2-1-5-10(11)16-12(18)9-17-7-3-4-8-17/h1-2,5-6,13H,3-4,7-9H2. The third kappa shape index (κ3) is 1.99. The lowest BCUT2D eigenvalue weighted by Crippen LogP contribution is -2.21. The van der Waals surface area contributed by atoms with Crippen LogP contribution >= 0.6 is 0 Å². The van der Waals surface area contributed by atoms with Crippen molar-refractivity contribution in [3.63, 3.8) is 0 Å². The van der Waals surface area contributed by atoms with Crippen molar-refractivity contribution >= 4 is 11.0 Å². The average Bonchev–Trinajstić information content (AvgIpc) is 2.95. The van der Waals surface area contributed by atoms with Gasteiger partial charge in [0.25, 0.3) is 0 Å². The summed E-state index contributed by atoms with van der Waals surface area (Å²) < 4.78 is 27.4. The van der Waals surface area contributed by atoms with Gasteiger partial charge in [0.15, 0.2) is 0 Å². The van der Waals surface area contributed by atoms with Crippen LogP contribution in [0.2, 0.25) is 0 Å². The number of alkyl halides is 2. The number of fused-ring (bicyclic) bond motifs is 1. The molecule has 1 aromatic heterocycles. The molecule has 1 aliphatic rings. The van der Waals surface area contributed by atoms with Crippen molar-refractivity contribution in [1.82, 2.24) is 14.5 Å². The highest BCUT2D eigenvalue weighted by molar-refractivity contribution is 5.75. The monoisotopic (exact) mass is 251 g/mol. The fourth-order valence-corrected chi connectivity index (χ4v) is 2.56. The minimum atomic E-state index is -2.53. The minimum absolute atomic E-state index is 0.466. The Hall–Kier alpha value is -1.49. The molecule has 5 heteroatoms. The van der Waals surface area contributed by atoms with Crippen LogP contribution in [-0.2, 0) is 6.54 Å². The fraction of sp³-hybridized carbons (Fsp3) is 0.462. The van der Waals surface area contributed by atoms with Gasteiger partial charge in [-0.3, -0.25) is 9.47 Å². The molecule has 0 unspecified atom stereocenters. The topological polar surface area (TPSA) is 21.1 Å². The number of aromatic nitrogens is 2. The van der Waals surface area contributed by atoms with E-state index in [4.69, 9.17) is 0 Å². The first-order valence-electron chi connectivity index (χ1n) is 6.22. The minimum Gasteiger partial charge on any atom is -0.296 e. The van der Waals surface area contributed by atoms with Crippen LogP contribution in [0.15, 0.2) is 24.3 Å². The Morgan fingerprint density at radius 2 is 1.89 bits per heavy atom. The van der Waals surface area contributed by atoms with E-state index in [1.807, 2.05) is 6.07 Å². The van der Waals surface area contributed by atoms with E-state index in [0.29, 0.717) is 23.4 Å². The highest BCUT2D eigenvalue weighted by Gasteiger charge is 2.20. The summed E-state index contributed by atoms with van der Waals surface area (Å²) in [6, 6.07) is 7.07. The fourth-order valence-electron chi connectivity index (χ4n) is 2.56. The average molecular weight is 251 g/mol. The Balaban J connectivity index is 2.01. The molecule has 3 rings (SSSR count). The number of benzene rings is 1. The largest absolute Gasteiger partial charge is 0.320 e. The molecular weight excluding hydrogens is 236 g/mol. The molecule has 1 aliphatic heterocycles. The van der Waals surface area contributed by atoms with Gasteiger partial charge >= 0.3 is 6.55 Å². The van der Waals surface area contributed by atoms with E-state index in [0.717, 1.165) is 30.5 Å². The van der Waals surface area contributed by atoms with Crippen molar-refractivity contribution in [3.05, 3.63) is 30.1 Å². The van der Waals surface area contributed by atoms with Gasteiger partial charge in [-0.05, 0) is 38.1 Å². The lowest BCUT2D eigenvalue weighted by molar-refractivity contribution is 0.0690. The van der Waals surface area contributed by atoms with Gasteiger partial charge in [-0.25, -0.2) is 4.98 Å². The molecule has 0 N–H and O–H groups in total. The van der Waals surface area contributed by atoms with E-state index in [2.05, 4.69) is 9.88 Å². The van der Waals surface area contributed by atoms with Crippen LogP contribution in [0, 0.1) is 0 Å². The molecule has 0 radical (unpaired) electrons. The molecular formula is C13H15F2N3. The summed E-state index contributed by atoms with van der Waals surface area (Å²) in [4.78, 5) is 6.52. The van der Waals surface area contributed by atoms with Crippen molar-refractivity contribution in [2.75, 3.05) is 13.1 Å². The first-order chi connectivity index (χ1) is 8.75. The maximum absolute atomic E-state index is 13.2. The maximum Gasteiger partial charge on any atom is 0.320 e. The number of rotatable bonds is 3. The van der Waals surface area contributed by atoms with E-state index < -0.39 is 6.55 Å². The number of likely N-dealkylation sites (tertiary alicyclic amines) is 1. The van der Waals surface area contributed by atoms with E-state index in [1.54, 1.807) is 18.2 Å². The van der Waals surface area contributed by atoms with E-state index >= 15 is 0 Å². The normalized spacial score (nSPS) is 17.1. The molecule has 3 nitrogen and oxygen atoms in total. The summed E-state index contributed by atoms with van der Waals surface area (Å²) in [6.07, 6.45) is 2.30. The summed E-state index contributed by atoms with van der Waals surface area (Å²) in [5, 5.41) is 0. The lowest BCUT2D eigenvalue weighted by atomic mass is 10.3. The second-order valence-electron chi connectivity index (χ2n) is 4.65. The van der Waals surface area contributed by atoms with Gasteiger partial charge in [-0.2, -0.15) is 8.78 Å². The molecule has 18 heavy (non-hydrogen) atoms. The van der Waals surface area contributed by atoms with Crippen LogP contribution in [0.4, 0.5) is 8.78 Å². The Morgan fingerprint density at radius 3 is 2.61 bits per heavy atom. The second kappa shape index (κ2) is 4.65. The molecule has 0 saturated carbocycles. The molecule has 0 amide bonds. The molecule has 1 saturated heterocycles. The molecule has 96 valence electrons. The van der Waals surface area contributed by atoms with Crippen molar-refractivity contribution in [3.8, 4) is 0 Å². The van der Waals surface area contributed by atoms with E-state index in [9.17, 15) is 8.78 Å². The van der Waals surface area contributed by atoms with Crippen LogP contribution < -0.4 is 0 Å². The molecule has 0 atom stereocenters. The van der Waals surface area contributed by atoms with Crippen LogP contribution in [0.5, 0.6) is 0 Å². The van der Waals surface area contributed by atoms with Gasteiger partial charge in [-0.1, -0.05) is 12.1 Å². The smallest absolute Gasteiger partial charge is 0.296 e. The number of para-hydroxylation sites is 2. The van der Waals surface area contributed by atoms with Gasteiger partial charge in [-0.15, -0.1) is 0 Å². The summed E-state index contributed by atoms with van der Waals surface area (Å²) in [7, 11) is 0. The number of imidazole rings is 1. The Kier molecular flexibility index (Phi) is 2.99. The highest BCUT2D eigenvalue weighted by atomic mass is 19.3. The molecule has 0 aliphatic carbocycles. The van der Waals surface area contributed by atoms with Crippen LogP contribution in [0.1, 0.15) is 25.2 Å². The number of hydrogen-bond donors (Lipinski definition) is 0. The van der Waals surface area contributed by atoms with Gasteiger partial charge < -0.3 is 0 Å². The number of nitrogens with zero attached hydrogens (tertiary/aromatic N) is 3. The van der Waals surface area contributed by atoms with Crippen molar-refractivity contribution in [1.29, 1.82) is 0 Å². The van der Waals surface area contributed by atoms with Gasteiger partial charge in [0.2, 0.25) is 0 Å². The van der Waals surface area contributed by atoms with Crippen LogP contribution in [-0.4, -0.2) is 27.5 Å². The first kappa shape index (κ1) is 11.6. The predicted octanol–water partition coefficient (Wildman–Crippen LogP) is 3.03. The second-order valence-corrected chi connectivity index (χ2v) is 4.65. The quantitative estimate of drug-likeness (QED) is 0.836. The van der Waals surface area contributed by atoms with Gasteiger partial charge in [0.1, 0.15) is 5.82 Å². The predicted molar refractivity (Wildman–Crippen MR) is 65.5 cm³/mol. The summed E-state index contributed by atoms with van der Waals surface area (Å²) in [5.74, 6) is 0.466. The molecule has 1 aromatic carbocycles. The number of halogens is 2. The summed E-state index contributed by atoms with van der Waals surface area (Å²) in [6.45, 7) is -0.0623. The third-order valence-electron chi connectivity index (χ3n) is 3.43. The molecule has 2 heterocycles. The van der Waals surface area contributed by atoms with Gasteiger partial charge in [0.05, 0.1) is 17.6 Å². The maximum atomic E-state index is 13.2.